The Labute approximate surface area is 117 Å². The molecule has 0 spiro atoms. The summed E-state index contributed by atoms with van der Waals surface area (Å²) < 4.78 is 7.34. The van der Waals surface area contributed by atoms with Crippen LogP contribution in [0.2, 0.25) is 0 Å². The molecule has 1 aliphatic heterocycles. The number of hydrogen-bond donors (Lipinski definition) is 0. The molecule has 2 aromatic heterocycles. The average molecular weight is 272 g/mol. The Balaban J connectivity index is 1.76. The minimum atomic E-state index is -0.0936. The van der Waals surface area contributed by atoms with E-state index in [0.717, 1.165) is 5.56 Å². The smallest absolute Gasteiger partial charge is 0.272 e. The lowest BCUT2D eigenvalue weighted by Gasteiger charge is -2.33. The molecule has 6 heteroatoms. The monoisotopic (exact) mass is 272 g/mol. The van der Waals surface area contributed by atoms with Gasteiger partial charge in [0.25, 0.3) is 5.91 Å². The Morgan fingerprint density at radius 1 is 1.30 bits per heavy atom. The Hall–Kier alpha value is -2.21. The Morgan fingerprint density at radius 3 is 2.80 bits per heavy atom. The summed E-state index contributed by atoms with van der Waals surface area (Å²) in [5.41, 5.74) is 1.64. The molecule has 0 bridgehead atoms. The van der Waals surface area contributed by atoms with E-state index in [4.69, 9.17) is 4.74 Å². The molecule has 2 aromatic rings. The van der Waals surface area contributed by atoms with Crippen molar-refractivity contribution in [1.29, 1.82) is 0 Å². The second kappa shape index (κ2) is 5.42. The average Bonchev–Trinajstić information content (AvgIpc) is 2.94. The van der Waals surface area contributed by atoms with Gasteiger partial charge in [0.15, 0.2) is 0 Å². The second-order valence-corrected chi connectivity index (χ2v) is 4.73. The summed E-state index contributed by atoms with van der Waals surface area (Å²) in [5.74, 6) is -0.00708. The van der Waals surface area contributed by atoms with Gasteiger partial charge < -0.3 is 9.64 Å². The fourth-order valence-electron chi connectivity index (χ4n) is 2.36. The van der Waals surface area contributed by atoms with Crippen LogP contribution in [0.1, 0.15) is 22.2 Å². The number of morpholine rings is 1. The molecule has 0 aromatic carbocycles. The minimum absolute atomic E-state index is 0.00708. The normalized spacial score (nSPS) is 19.1. The first-order valence-corrected chi connectivity index (χ1v) is 6.54. The highest BCUT2D eigenvalue weighted by Gasteiger charge is 2.27. The number of amides is 1. The summed E-state index contributed by atoms with van der Waals surface area (Å²) in [4.78, 5) is 18.3. The Kier molecular flexibility index (Phi) is 3.47. The fraction of sp³-hybridized carbons (Fsp3) is 0.357. The number of ether oxygens (including phenoxy) is 1. The highest BCUT2D eigenvalue weighted by Crippen LogP contribution is 2.22. The topological polar surface area (TPSA) is 60.2 Å². The van der Waals surface area contributed by atoms with Gasteiger partial charge in [-0.15, -0.1) is 0 Å². The molecular weight excluding hydrogens is 256 g/mol. The lowest BCUT2D eigenvalue weighted by atomic mass is 10.1. The molecule has 3 heterocycles. The standard InChI is InChI=1S/C14H16N4O2/c1-17-12(4-7-16-17)14(19)18-8-9-20-13(10-18)11-2-5-15-6-3-11/h2-7,13H,8-10H2,1H3/t13-/m1/s1. The maximum Gasteiger partial charge on any atom is 0.272 e. The van der Waals surface area contributed by atoms with Crippen molar-refractivity contribution >= 4 is 5.91 Å². The van der Waals surface area contributed by atoms with Crippen molar-refractivity contribution in [2.75, 3.05) is 19.7 Å². The van der Waals surface area contributed by atoms with Crippen molar-refractivity contribution < 1.29 is 9.53 Å². The van der Waals surface area contributed by atoms with Crippen molar-refractivity contribution in [3.05, 3.63) is 48.0 Å². The van der Waals surface area contributed by atoms with Crippen LogP contribution < -0.4 is 0 Å². The van der Waals surface area contributed by atoms with E-state index in [2.05, 4.69) is 10.1 Å². The van der Waals surface area contributed by atoms with Gasteiger partial charge >= 0.3 is 0 Å². The third-order valence-corrected chi connectivity index (χ3v) is 3.47. The molecule has 104 valence electrons. The molecule has 0 saturated carbocycles. The molecule has 20 heavy (non-hydrogen) atoms. The van der Waals surface area contributed by atoms with Gasteiger partial charge in [0.1, 0.15) is 11.8 Å². The number of hydrogen-bond acceptors (Lipinski definition) is 4. The van der Waals surface area contributed by atoms with Crippen LogP contribution in [0.15, 0.2) is 36.8 Å². The largest absolute Gasteiger partial charge is 0.370 e. The van der Waals surface area contributed by atoms with Gasteiger partial charge in [0.05, 0.1) is 13.2 Å². The van der Waals surface area contributed by atoms with E-state index in [0.29, 0.717) is 25.4 Å². The lowest BCUT2D eigenvalue weighted by molar-refractivity contribution is -0.0232. The van der Waals surface area contributed by atoms with Gasteiger partial charge in [-0.3, -0.25) is 14.5 Å². The first-order chi connectivity index (χ1) is 9.75. The van der Waals surface area contributed by atoms with E-state index < -0.39 is 0 Å². The predicted molar refractivity (Wildman–Crippen MR) is 72.0 cm³/mol. The highest BCUT2D eigenvalue weighted by atomic mass is 16.5. The minimum Gasteiger partial charge on any atom is -0.370 e. The van der Waals surface area contributed by atoms with E-state index in [1.54, 1.807) is 36.4 Å². The van der Waals surface area contributed by atoms with Crippen LogP contribution in [-0.4, -0.2) is 45.3 Å². The predicted octanol–water partition coefficient (Wildman–Crippen LogP) is 1.03. The first-order valence-electron chi connectivity index (χ1n) is 6.54. The maximum atomic E-state index is 12.5. The number of aryl methyl sites for hydroxylation is 1. The van der Waals surface area contributed by atoms with Crippen molar-refractivity contribution in [1.82, 2.24) is 19.7 Å². The summed E-state index contributed by atoms with van der Waals surface area (Å²) in [6.45, 7) is 1.69. The van der Waals surface area contributed by atoms with Crippen molar-refractivity contribution in [3.63, 3.8) is 0 Å². The van der Waals surface area contributed by atoms with E-state index in [1.807, 2.05) is 17.0 Å². The number of carbonyl (C=O) groups excluding carboxylic acids is 1. The molecule has 0 aliphatic carbocycles. The van der Waals surface area contributed by atoms with Gasteiger partial charge in [0, 0.05) is 32.2 Å². The molecule has 1 amide bonds. The zero-order chi connectivity index (χ0) is 13.9. The number of carbonyl (C=O) groups is 1. The van der Waals surface area contributed by atoms with Crippen LogP contribution in [0.4, 0.5) is 0 Å². The van der Waals surface area contributed by atoms with Gasteiger partial charge in [-0.2, -0.15) is 5.10 Å². The molecule has 1 atom stereocenters. The third-order valence-electron chi connectivity index (χ3n) is 3.47. The maximum absolute atomic E-state index is 12.5. The first kappa shape index (κ1) is 12.8. The van der Waals surface area contributed by atoms with Crippen molar-refractivity contribution in [3.8, 4) is 0 Å². The molecule has 0 N–H and O–H groups in total. The number of nitrogens with zero attached hydrogens (tertiary/aromatic N) is 4. The molecule has 1 saturated heterocycles. The summed E-state index contributed by atoms with van der Waals surface area (Å²) in [5, 5.41) is 4.04. The SMILES string of the molecule is Cn1nccc1C(=O)N1CCO[C@@H](c2ccncc2)C1. The van der Waals surface area contributed by atoms with Crippen LogP contribution in [0.5, 0.6) is 0 Å². The molecule has 6 nitrogen and oxygen atoms in total. The third kappa shape index (κ3) is 2.42. The Bertz CT molecular complexity index is 596. The van der Waals surface area contributed by atoms with Crippen LogP contribution in [0.3, 0.4) is 0 Å². The summed E-state index contributed by atoms with van der Waals surface area (Å²) in [7, 11) is 1.77. The number of aromatic nitrogens is 3. The van der Waals surface area contributed by atoms with Crippen LogP contribution in [0.25, 0.3) is 0 Å². The van der Waals surface area contributed by atoms with Gasteiger partial charge in [-0.25, -0.2) is 0 Å². The van der Waals surface area contributed by atoms with Gasteiger partial charge in [-0.1, -0.05) is 0 Å². The quantitative estimate of drug-likeness (QED) is 0.819. The molecular formula is C14H16N4O2. The van der Waals surface area contributed by atoms with Crippen molar-refractivity contribution in [2.24, 2.45) is 7.05 Å². The number of pyridine rings is 1. The highest BCUT2D eigenvalue weighted by molar-refractivity contribution is 5.92. The van der Waals surface area contributed by atoms with E-state index >= 15 is 0 Å². The van der Waals surface area contributed by atoms with Gasteiger partial charge in [-0.05, 0) is 23.8 Å². The summed E-state index contributed by atoms with van der Waals surface area (Å²) in [6.07, 6.45) is 5.01. The zero-order valence-corrected chi connectivity index (χ0v) is 11.3. The molecule has 0 unspecified atom stereocenters. The lowest BCUT2D eigenvalue weighted by Crippen LogP contribution is -2.42. The van der Waals surface area contributed by atoms with Crippen LogP contribution in [0, 0.1) is 0 Å². The second-order valence-electron chi connectivity index (χ2n) is 4.73. The van der Waals surface area contributed by atoms with Crippen molar-refractivity contribution in [2.45, 2.75) is 6.10 Å². The Morgan fingerprint density at radius 2 is 2.10 bits per heavy atom. The number of rotatable bonds is 2. The summed E-state index contributed by atoms with van der Waals surface area (Å²) >= 11 is 0. The van der Waals surface area contributed by atoms with E-state index in [-0.39, 0.29) is 12.0 Å². The van der Waals surface area contributed by atoms with Crippen LogP contribution in [-0.2, 0) is 11.8 Å². The molecule has 1 aliphatic rings. The fourth-order valence-corrected chi connectivity index (χ4v) is 2.36. The zero-order valence-electron chi connectivity index (χ0n) is 11.3. The van der Waals surface area contributed by atoms with E-state index in [9.17, 15) is 4.79 Å². The molecule has 1 fully saturated rings. The summed E-state index contributed by atoms with van der Waals surface area (Å²) in [6, 6.07) is 5.57. The molecule has 0 radical (unpaired) electrons. The van der Waals surface area contributed by atoms with E-state index in [1.165, 1.54) is 0 Å². The van der Waals surface area contributed by atoms with Crippen LogP contribution >= 0.6 is 0 Å². The van der Waals surface area contributed by atoms with Gasteiger partial charge in [0.2, 0.25) is 0 Å². The molecule has 3 rings (SSSR count).